The van der Waals surface area contributed by atoms with Crippen molar-refractivity contribution in [2.45, 2.75) is 32.5 Å². The molecule has 0 radical (unpaired) electrons. The molecule has 0 unspecified atom stereocenters. The first-order valence-electron chi connectivity index (χ1n) is 13.3. The second kappa shape index (κ2) is 10.7. The molecule has 0 fully saturated rings. The number of hydrogen-bond acceptors (Lipinski definition) is 3. The molecule has 40 heavy (non-hydrogen) atoms. The fourth-order valence-corrected chi connectivity index (χ4v) is 5.44. The number of ether oxygens (including phenoxy) is 1. The number of halogens is 1. The summed E-state index contributed by atoms with van der Waals surface area (Å²) < 4.78 is 23.9. The van der Waals surface area contributed by atoms with E-state index in [9.17, 15) is 9.18 Å². The first-order chi connectivity index (χ1) is 19.6. The Morgan fingerprint density at radius 1 is 1.02 bits per heavy atom. The Labute approximate surface area is 232 Å². The van der Waals surface area contributed by atoms with Gasteiger partial charge in [0.25, 0.3) is 0 Å². The largest absolute Gasteiger partial charge is 0.497 e. The molecule has 6 rings (SSSR count). The molecule has 3 heterocycles. The van der Waals surface area contributed by atoms with Gasteiger partial charge in [-0.3, -0.25) is 0 Å². The summed E-state index contributed by atoms with van der Waals surface area (Å²) in [6.07, 6.45) is 2.68. The van der Waals surface area contributed by atoms with E-state index >= 15 is 0 Å². The number of carbonyl (C=O) groups is 1. The maximum atomic E-state index is 14.5. The first-order valence-corrected chi connectivity index (χ1v) is 13.3. The third-order valence-electron chi connectivity index (χ3n) is 7.31. The first kappa shape index (κ1) is 25.4. The molecule has 2 aromatic heterocycles. The minimum absolute atomic E-state index is 0.257. The maximum Gasteiger partial charge on any atom is 0.318 e. The Kier molecular flexibility index (Phi) is 6.82. The van der Waals surface area contributed by atoms with Gasteiger partial charge in [0, 0.05) is 18.3 Å². The molecule has 2 amide bonds. The monoisotopic (exact) mass is 535 g/mol. The molecule has 8 heteroatoms. The highest BCUT2D eigenvalue weighted by Crippen LogP contribution is 2.38. The SMILES string of the molecule is CCc1nn(-c2ccccc2)c2c1CN(C(=O)NCc1cccc(OC)c1)[C@H](c1cccc(F)c1)c1cccn1-2. The number of para-hydroxylation sites is 1. The number of benzene rings is 3. The number of carbonyl (C=O) groups excluding carboxylic acids is 1. The van der Waals surface area contributed by atoms with Crippen molar-refractivity contribution in [3.63, 3.8) is 0 Å². The number of nitrogens with one attached hydrogen (secondary N) is 1. The van der Waals surface area contributed by atoms with Gasteiger partial charge in [-0.2, -0.15) is 5.10 Å². The molecular formula is C32H30FN5O2. The number of methoxy groups -OCH3 is 1. The van der Waals surface area contributed by atoms with E-state index in [4.69, 9.17) is 9.84 Å². The zero-order valence-corrected chi connectivity index (χ0v) is 22.4. The van der Waals surface area contributed by atoms with Crippen LogP contribution in [0.1, 0.15) is 41.0 Å². The fourth-order valence-electron chi connectivity index (χ4n) is 5.44. The topological polar surface area (TPSA) is 64.3 Å². The summed E-state index contributed by atoms with van der Waals surface area (Å²) >= 11 is 0. The smallest absolute Gasteiger partial charge is 0.318 e. The molecule has 1 atom stereocenters. The van der Waals surface area contributed by atoms with Gasteiger partial charge in [0.1, 0.15) is 17.4 Å². The van der Waals surface area contributed by atoms with E-state index in [-0.39, 0.29) is 11.8 Å². The van der Waals surface area contributed by atoms with Gasteiger partial charge >= 0.3 is 6.03 Å². The predicted molar refractivity (Wildman–Crippen MR) is 151 cm³/mol. The van der Waals surface area contributed by atoms with E-state index in [0.29, 0.717) is 25.1 Å². The van der Waals surface area contributed by atoms with Gasteiger partial charge in [-0.15, -0.1) is 0 Å². The molecular weight excluding hydrogens is 505 g/mol. The van der Waals surface area contributed by atoms with Crippen molar-refractivity contribution in [3.05, 3.63) is 131 Å². The molecule has 1 aliphatic heterocycles. The van der Waals surface area contributed by atoms with Crippen molar-refractivity contribution in [2.24, 2.45) is 0 Å². The standard InChI is InChI=1S/C32H30FN5O2/c1-3-28-27-21-37(32(39)34-20-22-10-7-15-26(18-22)40-2)30(23-11-8-12-24(33)19-23)29-16-9-17-36(29)31(27)38(35-28)25-13-5-4-6-14-25/h4-19,30H,3,20-21H2,1-2H3,(H,34,39)/t30-/m1/s1. The molecule has 0 spiro atoms. The summed E-state index contributed by atoms with van der Waals surface area (Å²) in [5.41, 5.74) is 5.25. The van der Waals surface area contributed by atoms with Gasteiger partial charge in [0.2, 0.25) is 0 Å². The Morgan fingerprint density at radius 3 is 2.62 bits per heavy atom. The number of urea groups is 1. The summed E-state index contributed by atoms with van der Waals surface area (Å²) in [5.74, 6) is 1.26. The molecule has 0 bridgehead atoms. The molecule has 0 saturated heterocycles. The Hall–Kier alpha value is -4.85. The lowest BCUT2D eigenvalue weighted by molar-refractivity contribution is 0.180. The Balaban J connectivity index is 1.48. The van der Waals surface area contributed by atoms with E-state index in [1.807, 2.05) is 83.7 Å². The van der Waals surface area contributed by atoms with Crippen LogP contribution in [0, 0.1) is 5.82 Å². The molecule has 7 nitrogen and oxygen atoms in total. The normalized spacial score (nSPS) is 14.3. The number of amides is 2. The second-order valence-electron chi connectivity index (χ2n) is 9.75. The van der Waals surface area contributed by atoms with E-state index in [1.165, 1.54) is 12.1 Å². The number of fused-ring (bicyclic) bond motifs is 3. The van der Waals surface area contributed by atoms with Crippen LogP contribution in [0.3, 0.4) is 0 Å². The summed E-state index contributed by atoms with van der Waals surface area (Å²) in [6.45, 7) is 2.69. The number of rotatable bonds is 6. The van der Waals surface area contributed by atoms with Crippen LogP contribution in [0.5, 0.6) is 5.75 Å². The second-order valence-corrected chi connectivity index (χ2v) is 9.75. The van der Waals surface area contributed by atoms with E-state index in [2.05, 4.69) is 16.8 Å². The molecule has 0 saturated carbocycles. The average Bonchev–Trinajstić information content (AvgIpc) is 3.57. The summed E-state index contributed by atoms with van der Waals surface area (Å²) in [5, 5.41) is 8.08. The number of nitrogens with zero attached hydrogens (tertiary/aromatic N) is 4. The Bertz CT molecular complexity index is 1660. The van der Waals surface area contributed by atoms with Crippen LogP contribution in [-0.4, -0.2) is 32.4 Å². The lowest BCUT2D eigenvalue weighted by atomic mass is 10.0. The van der Waals surface area contributed by atoms with E-state index in [1.54, 1.807) is 18.1 Å². The maximum absolute atomic E-state index is 14.5. The van der Waals surface area contributed by atoms with Crippen LogP contribution in [0.25, 0.3) is 11.5 Å². The van der Waals surface area contributed by atoms with Gasteiger partial charge in [-0.1, -0.05) is 49.4 Å². The highest BCUT2D eigenvalue weighted by atomic mass is 19.1. The van der Waals surface area contributed by atoms with E-state index < -0.39 is 6.04 Å². The van der Waals surface area contributed by atoms with Gasteiger partial charge in [-0.05, 0) is 66.1 Å². The minimum Gasteiger partial charge on any atom is -0.497 e. The highest BCUT2D eigenvalue weighted by Gasteiger charge is 2.36. The van der Waals surface area contributed by atoms with Crippen LogP contribution in [0.4, 0.5) is 9.18 Å². The highest BCUT2D eigenvalue weighted by molar-refractivity contribution is 5.76. The van der Waals surface area contributed by atoms with Crippen molar-refractivity contribution in [3.8, 4) is 17.3 Å². The van der Waals surface area contributed by atoms with Crippen LogP contribution in [-0.2, 0) is 19.5 Å². The van der Waals surface area contributed by atoms with Crippen molar-refractivity contribution in [1.29, 1.82) is 0 Å². The molecule has 3 aromatic carbocycles. The molecule has 1 N–H and O–H groups in total. The summed E-state index contributed by atoms with van der Waals surface area (Å²) in [6, 6.07) is 27.2. The van der Waals surface area contributed by atoms with Gasteiger partial charge in [0.15, 0.2) is 0 Å². The predicted octanol–water partition coefficient (Wildman–Crippen LogP) is 6.19. The minimum atomic E-state index is -0.530. The van der Waals surface area contributed by atoms with E-state index in [0.717, 1.165) is 39.8 Å². The molecule has 202 valence electrons. The molecule has 0 aliphatic carbocycles. The molecule has 5 aromatic rings. The van der Waals surface area contributed by atoms with Crippen molar-refractivity contribution in [2.75, 3.05) is 7.11 Å². The lowest BCUT2D eigenvalue weighted by Crippen LogP contribution is -2.41. The molecule has 1 aliphatic rings. The number of hydrogen-bond donors (Lipinski definition) is 1. The van der Waals surface area contributed by atoms with Crippen molar-refractivity contribution < 1.29 is 13.9 Å². The quantitative estimate of drug-likeness (QED) is 0.282. The third-order valence-corrected chi connectivity index (χ3v) is 7.31. The number of aromatic nitrogens is 3. The van der Waals surface area contributed by atoms with Gasteiger partial charge < -0.3 is 19.5 Å². The fraction of sp³-hybridized carbons (Fsp3) is 0.188. The number of aryl methyl sites for hydroxylation is 1. The van der Waals surface area contributed by atoms with Crippen LogP contribution in [0.15, 0.2) is 97.2 Å². The Morgan fingerprint density at radius 2 is 1.85 bits per heavy atom. The van der Waals surface area contributed by atoms with Gasteiger partial charge in [-0.25, -0.2) is 13.9 Å². The van der Waals surface area contributed by atoms with Crippen molar-refractivity contribution >= 4 is 6.03 Å². The zero-order valence-electron chi connectivity index (χ0n) is 22.4. The summed E-state index contributed by atoms with van der Waals surface area (Å²) in [4.78, 5) is 15.8. The zero-order chi connectivity index (χ0) is 27.6. The van der Waals surface area contributed by atoms with Crippen LogP contribution >= 0.6 is 0 Å². The average molecular weight is 536 g/mol. The summed E-state index contributed by atoms with van der Waals surface area (Å²) in [7, 11) is 1.62. The van der Waals surface area contributed by atoms with Crippen LogP contribution < -0.4 is 10.1 Å². The third kappa shape index (κ3) is 4.62. The van der Waals surface area contributed by atoms with Crippen LogP contribution in [0.2, 0.25) is 0 Å². The van der Waals surface area contributed by atoms with Crippen molar-refractivity contribution in [1.82, 2.24) is 24.6 Å². The van der Waals surface area contributed by atoms with Gasteiger partial charge in [0.05, 0.1) is 36.8 Å². The lowest BCUT2D eigenvalue weighted by Gasteiger charge is -2.31.